The minimum absolute atomic E-state index is 0.118. The number of nitrogens with one attached hydrogen (secondary N) is 1. The lowest BCUT2D eigenvalue weighted by Gasteiger charge is -2.39. The van der Waals surface area contributed by atoms with Gasteiger partial charge in [0.25, 0.3) is 11.8 Å². The molecule has 150 valence electrons. The van der Waals surface area contributed by atoms with E-state index in [2.05, 4.69) is 26.1 Å². The normalized spacial score (nSPS) is 20.0. The van der Waals surface area contributed by atoms with Crippen molar-refractivity contribution in [1.82, 2.24) is 5.32 Å². The minimum atomic E-state index is -0.569. The van der Waals surface area contributed by atoms with Gasteiger partial charge in [-0.15, -0.1) is 0 Å². The Balaban J connectivity index is 1.95. The van der Waals surface area contributed by atoms with Crippen LogP contribution < -0.4 is 20.5 Å². The summed E-state index contributed by atoms with van der Waals surface area (Å²) in [6, 6.07) is 5.12. The number of carbonyl (C=O) groups is 2. The number of nitrogens with two attached hydrogens (primary N) is 1. The number of primary amides is 1. The molecule has 1 fully saturated rings. The Kier molecular flexibility index (Phi) is 7.11. The average Bonchev–Trinajstić information content (AvgIpc) is 2.66. The van der Waals surface area contributed by atoms with Crippen LogP contribution in [-0.4, -0.2) is 31.6 Å². The summed E-state index contributed by atoms with van der Waals surface area (Å²) in [5.74, 6) is 0.818. The SMILES string of the molecule is CCC(C)(C)C1CCC(NC(=O)c2ccc(OCC(N)=O)c(OC)c2)CC1. The van der Waals surface area contributed by atoms with Crippen LogP contribution in [0.25, 0.3) is 0 Å². The van der Waals surface area contributed by atoms with Crippen LogP contribution in [0.3, 0.4) is 0 Å². The molecule has 0 saturated heterocycles. The molecule has 0 aromatic heterocycles. The highest BCUT2D eigenvalue weighted by molar-refractivity contribution is 5.95. The van der Waals surface area contributed by atoms with Crippen molar-refractivity contribution in [3.8, 4) is 11.5 Å². The van der Waals surface area contributed by atoms with Crippen LogP contribution in [0, 0.1) is 11.3 Å². The molecule has 1 saturated carbocycles. The van der Waals surface area contributed by atoms with Gasteiger partial charge in [0, 0.05) is 11.6 Å². The molecule has 0 unspecified atom stereocenters. The van der Waals surface area contributed by atoms with Crippen molar-refractivity contribution in [2.45, 2.75) is 58.9 Å². The van der Waals surface area contributed by atoms with Crippen molar-refractivity contribution in [3.63, 3.8) is 0 Å². The first kappa shape index (κ1) is 21.1. The molecule has 0 atom stereocenters. The van der Waals surface area contributed by atoms with Gasteiger partial charge in [-0.05, 0) is 55.2 Å². The smallest absolute Gasteiger partial charge is 0.255 e. The van der Waals surface area contributed by atoms with Crippen LogP contribution in [0.1, 0.15) is 63.2 Å². The molecule has 0 radical (unpaired) electrons. The molecule has 1 aromatic rings. The summed E-state index contributed by atoms with van der Waals surface area (Å²) in [6.07, 6.45) is 5.50. The average molecular weight is 376 g/mol. The van der Waals surface area contributed by atoms with Crippen LogP contribution in [0.15, 0.2) is 18.2 Å². The first-order valence-electron chi connectivity index (χ1n) is 9.66. The zero-order valence-electron chi connectivity index (χ0n) is 16.8. The maximum atomic E-state index is 12.6. The van der Waals surface area contributed by atoms with Crippen LogP contribution in [-0.2, 0) is 4.79 Å². The quantitative estimate of drug-likeness (QED) is 0.728. The topological polar surface area (TPSA) is 90.6 Å². The van der Waals surface area contributed by atoms with Gasteiger partial charge in [-0.25, -0.2) is 0 Å². The van der Waals surface area contributed by atoms with E-state index >= 15 is 0 Å². The second-order valence-corrected chi connectivity index (χ2v) is 7.98. The molecule has 27 heavy (non-hydrogen) atoms. The summed E-state index contributed by atoms with van der Waals surface area (Å²) in [5.41, 5.74) is 5.96. The number of benzene rings is 1. The van der Waals surface area contributed by atoms with Crippen LogP contribution in [0.2, 0.25) is 0 Å². The Morgan fingerprint density at radius 1 is 1.19 bits per heavy atom. The minimum Gasteiger partial charge on any atom is -0.493 e. The summed E-state index contributed by atoms with van der Waals surface area (Å²) in [6.45, 7) is 6.69. The monoisotopic (exact) mass is 376 g/mol. The molecule has 3 N–H and O–H groups in total. The lowest BCUT2D eigenvalue weighted by Crippen LogP contribution is -2.39. The van der Waals surface area contributed by atoms with E-state index in [4.69, 9.17) is 15.2 Å². The predicted molar refractivity (Wildman–Crippen MR) is 105 cm³/mol. The maximum absolute atomic E-state index is 12.6. The van der Waals surface area contributed by atoms with Gasteiger partial charge in [0.2, 0.25) is 0 Å². The standard InChI is InChI=1S/C21H32N2O4/c1-5-21(2,3)15-7-9-16(10-8-15)23-20(25)14-6-11-17(18(12-14)26-4)27-13-19(22)24/h6,11-12,15-16H,5,7-10,13H2,1-4H3,(H2,22,24)(H,23,25). The van der Waals surface area contributed by atoms with Gasteiger partial charge in [0.15, 0.2) is 18.1 Å². The first-order chi connectivity index (χ1) is 12.8. The van der Waals surface area contributed by atoms with Gasteiger partial charge in [-0.3, -0.25) is 9.59 Å². The van der Waals surface area contributed by atoms with Gasteiger partial charge in [0.05, 0.1) is 7.11 Å². The molecule has 1 aliphatic carbocycles. The molecular weight excluding hydrogens is 344 g/mol. The lowest BCUT2D eigenvalue weighted by molar-refractivity contribution is -0.119. The highest BCUT2D eigenvalue weighted by atomic mass is 16.5. The van der Waals surface area contributed by atoms with E-state index in [9.17, 15) is 9.59 Å². The zero-order chi connectivity index (χ0) is 20.0. The van der Waals surface area contributed by atoms with Crippen molar-refractivity contribution in [2.24, 2.45) is 17.1 Å². The van der Waals surface area contributed by atoms with Gasteiger partial charge in [-0.1, -0.05) is 27.2 Å². The molecular formula is C21H32N2O4. The van der Waals surface area contributed by atoms with E-state index in [1.165, 1.54) is 13.5 Å². The molecule has 6 heteroatoms. The van der Waals surface area contributed by atoms with Gasteiger partial charge in [-0.2, -0.15) is 0 Å². The van der Waals surface area contributed by atoms with Crippen LogP contribution in [0.5, 0.6) is 11.5 Å². The number of carbonyl (C=O) groups excluding carboxylic acids is 2. The van der Waals surface area contributed by atoms with Gasteiger partial charge < -0.3 is 20.5 Å². The van der Waals surface area contributed by atoms with Gasteiger partial charge in [0.1, 0.15) is 0 Å². The highest BCUT2D eigenvalue weighted by Crippen LogP contribution is 2.40. The molecule has 1 aromatic carbocycles. The Bertz CT molecular complexity index is 664. The first-order valence-corrected chi connectivity index (χ1v) is 9.66. The number of amides is 2. The third-order valence-corrected chi connectivity index (χ3v) is 5.87. The molecule has 2 amide bonds. The molecule has 0 spiro atoms. The van der Waals surface area contributed by atoms with E-state index in [0.717, 1.165) is 31.6 Å². The molecule has 0 heterocycles. The molecule has 6 nitrogen and oxygen atoms in total. The summed E-state index contributed by atoms with van der Waals surface area (Å²) >= 11 is 0. The molecule has 2 rings (SSSR count). The molecule has 0 bridgehead atoms. The summed E-state index contributed by atoms with van der Waals surface area (Å²) in [5, 5.41) is 3.14. The third kappa shape index (κ3) is 5.62. The fraction of sp³-hybridized carbons (Fsp3) is 0.619. The van der Waals surface area contributed by atoms with Crippen molar-refractivity contribution < 1.29 is 19.1 Å². The Hall–Kier alpha value is -2.24. The van der Waals surface area contributed by atoms with E-state index in [-0.39, 0.29) is 18.6 Å². The van der Waals surface area contributed by atoms with E-state index in [0.29, 0.717) is 22.5 Å². The third-order valence-electron chi connectivity index (χ3n) is 5.87. The number of hydrogen-bond donors (Lipinski definition) is 2. The predicted octanol–water partition coefficient (Wildman–Crippen LogP) is 3.28. The van der Waals surface area contributed by atoms with Crippen molar-refractivity contribution in [3.05, 3.63) is 23.8 Å². The number of ether oxygens (including phenoxy) is 2. The Morgan fingerprint density at radius 2 is 1.85 bits per heavy atom. The van der Waals surface area contributed by atoms with Crippen molar-refractivity contribution >= 4 is 11.8 Å². The summed E-state index contributed by atoms with van der Waals surface area (Å²) in [4.78, 5) is 23.5. The largest absolute Gasteiger partial charge is 0.493 e. The van der Waals surface area contributed by atoms with E-state index < -0.39 is 5.91 Å². The second-order valence-electron chi connectivity index (χ2n) is 7.98. The maximum Gasteiger partial charge on any atom is 0.255 e. The second kappa shape index (κ2) is 9.11. The van der Waals surface area contributed by atoms with E-state index in [1.54, 1.807) is 18.2 Å². The zero-order valence-corrected chi connectivity index (χ0v) is 16.8. The Labute approximate surface area is 161 Å². The molecule has 0 aliphatic heterocycles. The summed E-state index contributed by atoms with van der Waals surface area (Å²) < 4.78 is 10.6. The van der Waals surface area contributed by atoms with Crippen molar-refractivity contribution in [2.75, 3.05) is 13.7 Å². The van der Waals surface area contributed by atoms with Crippen molar-refractivity contribution in [1.29, 1.82) is 0 Å². The van der Waals surface area contributed by atoms with Crippen LogP contribution in [0.4, 0.5) is 0 Å². The number of hydrogen-bond acceptors (Lipinski definition) is 4. The summed E-state index contributed by atoms with van der Waals surface area (Å²) in [7, 11) is 1.49. The lowest BCUT2D eigenvalue weighted by atomic mass is 9.69. The van der Waals surface area contributed by atoms with Crippen LogP contribution >= 0.6 is 0 Å². The van der Waals surface area contributed by atoms with E-state index in [1.807, 2.05) is 0 Å². The fourth-order valence-corrected chi connectivity index (χ4v) is 3.65. The number of rotatable bonds is 8. The molecule has 1 aliphatic rings. The number of methoxy groups -OCH3 is 1. The highest BCUT2D eigenvalue weighted by Gasteiger charge is 2.32. The Morgan fingerprint density at radius 3 is 2.41 bits per heavy atom. The van der Waals surface area contributed by atoms with Gasteiger partial charge >= 0.3 is 0 Å². The fourth-order valence-electron chi connectivity index (χ4n) is 3.65.